The molecule has 3 N–H and O–H groups in total. The van der Waals surface area contributed by atoms with Gasteiger partial charge in [-0.05, 0) is 44.1 Å². The van der Waals surface area contributed by atoms with Gasteiger partial charge < -0.3 is 11.1 Å². The molecule has 1 saturated carbocycles. The largest absolute Gasteiger partial charge is 0.353 e. The van der Waals surface area contributed by atoms with Gasteiger partial charge in [0, 0.05) is 12.5 Å². The fraction of sp³-hybridized carbons (Fsp3) is 0.923. The average Bonchev–Trinajstić information content (AvgIpc) is 2.29. The normalized spacial score (nSPS) is 27.4. The molecule has 0 aliphatic heterocycles. The summed E-state index contributed by atoms with van der Waals surface area (Å²) < 4.78 is 0. The molecule has 1 atom stereocenters. The zero-order chi connectivity index (χ0) is 12.0. The van der Waals surface area contributed by atoms with Gasteiger partial charge in [0.1, 0.15) is 0 Å². The van der Waals surface area contributed by atoms with E-state index in [1.54, 1.807) is 0 Å². The first-order valence-electron chi connectivity index (χ1n) is 6.65. The minimum atomic E-state index is 0.192. The van der Waals surface area contributed by atoms with Crippen LogP contribution >= 0.6 is 0 Å². The maximum atomic E-state index is 11.8. The summed E-state index contributed by atoms with van der Waals surface area (Å²) >= 11 is 0. The molecule has 1 amide bonds. The molecule has 0 spiro atoms. The first-order chi connectivity index (χ1) is 7.65. The lowest BCUT2D eigenvalue weighted by Gasteiger charge is -2.27. The van der Waals surface area contributed by atoms with Crippen LogP contribution in [0.5, 0.6) is 0 Å². The molecule has 0 bridgehead atoms. The van der Waals surface area contributed by atoms with Gasteiger partial charge in [0.2, 0.25) is 5.91 Å². The van der Waals surface area contributed by atoms with Gasteiger partial charge in [0.15, 0.2) is 0 Å². The van der Waals surface area contributed by atoms with Gasteiger partial charge in [0.25, 0.3) is 0 Å². The third-order valence-electron chi connectivity index (χ3n) is 3.77. The van der Waals surface area contributed by atoms with Crippen molar-refractivity contribution in [2.75, 3.05) is 6.54 Å². The zero-order valence-corrected chi connectivity index (χ0v) is 10.7. The molecule has 16 heavy (non-hydrogen) atoms. The lowest BCUT2D eigenvalue weighted by atomic mass is 9.87. The van der Waals surface area contributed by atoms with Crippen molar-refractivity contribution in [2.45, 2.75) is 58.4 Å². The van der Waals surface area contributed by atoms with Crippen LogP contribution < -0.4 is 11.1 Å². The molecular formula is C13H26N2O. The second kappa shape index (κ2) is 6.89. The Morgan fingerprint density at radius 1 is 1.38 bits per heavy atom. The molecule has 0 aromatic rings. The van der Waals surface area contributed by atoms with Crippen LogP contribution in [0.4, 0.5) is 0 Å². The van der Waals surface area contributed by atoms with Crippen molar-refractivity contribution in [3.63, 3.8) is 0 Å². The van der Waals surface area contributed by atoms with Crippen LogP contribution in [-0.2, 0) is 4.79 Å². The Morgan fingerprint density at radius 2 is 2.00 bits per heavy atom. The van der Waals surface area contributed by atoms with E-state index < -0.39 is 0 Å². The molecular weight excluding hydrogens is 200 g/mol. The van der Waals surface area contributed by atoms with Crippen molar-refractivity contribution in [2.24, 2.45) is 17.6 Å². The Bertz CT molecular complexity index is 206. The maximum Gasteiger partial charge on any atom is 0.220 e. The lowest BCUT2D eigenvalue weighted by molar-refractivity contribution is -0.123. The van der Waals surface area contributed by atoms with E-state index in [9.17, 15) is 4.79 Å². The van der Waals surface area contributed by atoms with Crippen molar-refractivity contribution >= 4 is 5.91 Å². The summed E-state index contributed by atoms with van der Waals surface area (Å²) in [5, 5.41) is 3.14. The Morgan fingerprint density at radius 3 is 2.50 bits per heavy atom. The third kappa shape index (κ3) is 4.52. The fourth-order valence-corrected chi connectivity index (χ4v) is 2.35. The average molecular weight is 226 g/mol. The predicted octanol–water partition coefficient (Wildman–Crippen LogP) is 2.06. The topological polar surface area (TPSA) is 55.1 Å². The Hall–Kier alpha value is -0.570. The van der Waals surface area contributed by atoms with E-state index in [0.29, 0.717) is 24.9 Å². The summed E-state index contributed by atoms with van der Waals surface area (Å²) in [6.07, 6.45) is 6.38. The number of carbonyl (C=O) groups is 1. The van der Waals surface area contributed by atoms with Gasteiger partial charge >= 0.3 is 0 Å². The molecule has 0 aromatic carbocycles. The molecule has 0 aromatic heterocycles. The maximum absolute atomic E-state index is 11.8. The standard InChI is InChI=1S/C13H26N2O/c1-3-11(9-14)8-13(16)15-12-6-4-10(2)5-7-12/h10-12H,3-9,14H2,1-2H3,(H,15,16). The van der Waals surface area contributed by atoms with Gasteiger partial charge in [-0.3, -0.25) is 4.79 Å². The number of nitrogens with one attached hydrogen (secondary N) is 1. The first kappa shape index (κ1) is 13.5. The van der Waals surface area contributed by atoms with Crippen LogP contribution in [-0.4, -0.2) is 18.5 Å². The van der Waals surface area contributed by atoms with E-state index in [4.69, 9.17) is 5.73 Å². The van der Waals surface area contributed by atoms with E-state index >= 15 is 0 Å². The highest BCUT2D eigenvalue weighted by atomic mass is 16.1. The van der Waals surface area contributed by atoms with Crippen molar-refractivity contribution in [1.29, 1.82) is 0 Å². The van der Waals surface area contributed by atoms with Gasteiger partial charge in [-0.15, -0.1) is 0 Å². The molecule has 3 nitrogen and oxygen atoms in total. The van der Waals surface area contributed by atoms with Crippen LogP contribution in [0, 0.1) is 11.8 Å². The SMILES string of the molecule is CCC(CN)CC(=O)NC1CCC(C)CC1. The van der Waals surface area contributed by atoms with E-state index in [1.807, 2.05) is 0 Å². The summed E-state index contributed by atoms with van der Waals surface area (Å²) in [5.41, 5.74) is 5.60. The summed E-state index contributed by atoms with van der Waals surface area (Å²) in [5.74, 6) is 1.37. The molecule has 0 radical (unpaired) electrons. The summed E-state index contributed by atoms with van der Waals surface area (Å²) in [6, 6.07) is 0.416. The van der Waals surface area contributed by atoms with Crippen molar-refractivity contribution in [3.05, 3.63) is 0 Å². The second-order valence-corrected chi connectivity index (χ2v) is 5.24. The van der Waals surface area contributed by atoms with Crippen molar-refractivity contribution in [3.8, 4) is 0 Å². The quantitative estimate of drug-likeness (QED) is 0.754. The van der Waals surface area contributed by atoms with Crippen LogP contribution in [0.1, 0.15) is 52.4 Å². The Balaban J connectivity index is 2.23. The van der Waals surface area contributed by atoms with Crippen molar-refractivity contribution in [1.82, 2.24) is 5.32 Å². The van der Waals surface area contributed by atoms with Crippen LogP contribution in [0.15, 0.2) is 0 Å². The number of nitrogens with two attached hydrogens (primary N) is 1. The molecule has 3 heteroatoms. The highest BCUT2D eigenvalue weighted by molar-refractivity contribution is 5.76. The minimum absolute atomic E-state index is 0.192. The molecule has 1 aliphatic rings. The van der Waals surface area contributed by atoms with Gasteiger partial charge in [-0.1, -0.05) is 20.3 Å². The number of carbonyl (C=O) groups excluding carboxylic acids is 1. The minimum Gasteiger partial charge on any atom is -0.353 e. The highest BCUT2D eigenvalue weighted by Gasteiger charge is 2.20. The van der Waals surface area contributed by atoms with Crippen LogP contribution in [0.2, 0.25) is 0 Å². The molecule has 1 aliphatic carbocycles. The van der Waals surface area contributed by atoms with Crippen LogP contribution in [0.3, 0.4) is 0 Å². The predicted molar refractivity (Wildman–Crippen MR) is 67.0 cm³/mol. The third-order valence-corrected chi connectivity index (χ3v) is 3.77. The second-order valence-electron chi connectivity index (χ2n) is 5.24. The lowest BCUT2D eigenvalue weighted by Crippen LogP contribution is -2.38. The van der Waals surface area contributed by atoms with Crippen LogP contribution in [0.25, 0.3) is 0 Å². The summed E-state index contributed by atoms with van der Waals surface area (Å²) in [4.78, 5) is 11.8. The number of rotatable bonds is 5. The van der Waals surface area contributed by atoms with E-state index in [1.165, 1.54) is 12.8 Å². The van der Waals surface area contributed by atoms with Crippen molar-refractivity contribution < 1.29 is 4.79 Å². The van der Waals surface area contributed by atoms with Gasteiger partial charge in [0.05, 0.1) is 0 Å². The number of hydrogen-bond donors (Lipinski definition) is 2. The monoisotopic (exact) mass is 226 g/mol. The zero-order valence-electron chi connectivity index (χ0n) is 10.7. The first-order valence-corrected chi connectivity index (χ1v) is 6.65. The molecule has 1 unspecified atom stereocenters. The van der Waals surface area contributed by atoms with E-state index in [-0.39, 0.29) is 5.91 Å². The van der Waals surface area contributed by atoms with E-state index in [0.717, 1.165) is 25.2 Å². The molecule has 0 heterocycles. The molecule has 1 fully saturated rings. The fourth-order valence-electron chi connectivity index (χ4n) is 2.35. The Labute approximate surface area is 99.2 Å². The molecule has 0 saturated heterocycles. The highest BCUT2D eigenvalue weighted by Crippen LogP contribution is 2.23. The number of hydrogen-bond acceptors (Lipinski definition) is 2. The van der Waals surface area contributed by atoms with Gasteiger partial charge in [-0.25, -0.2) is 0 Å². The smallest absolute Gasteiger partial charge is 0.220 e. The summed E-state index contributed by atoms with van der Waals surface area (Å²) in [7, 11) is 0. The number of amides is 1. The summed E-state index contributed by atoms with van der Waals surface area (Å²) in [6.45, 7) is 5.00. The molecule has 1 rings (SSSR count). The molecule has 94 valence electrons. The van der Waals surface area contributed by atoms with E-state index in [2.05, 4.69) is 19.2 Å². The Kier molecular flexibility index (Phi) is 5.81. The van der Waals surface area contributed by atoms with Gasteiger partial charge in [-0.2, -0.15) is 0 Å².